The molecule has 1 amide bonds. The zero-order chi connectivity index (χ0) is 10.8. The Morgan fingerprint density at radius 3 is 3.13 bits per heavy atom. The Hall–Kier alpha value is -1.36. The van der Waals surface area contributed by atoms with Crippen LogP contribution >= 0.6 is 0 Å². The third kappa shape index (κ3) is 2.02. The SMILES string of the molecule is CC(=O)N1CCNCC1[n+]1ccc(C)o1. The summed E-state index contributed by atoms with van der Waals surface area (Å²) in [5.41, 5.74) is 0. The van der Waals surface area contributed by atoms with E-state index >= 15 is 0 Å². The molecule has 1 aromatic rings. The van der Waals surface area contributed by atoms with E-state index in [1.54, 1.807) is 11.7 Å². The Bertz CT molecular complexity index is 361. The molecule has 1 aliphatic rings. The number of nitrogens with one attached hydrogen (secondary N) is 1. The predicted molar refractivity (Wildman–Crippen MR) is 52.9 cm³/mol. The lowest BCUT2D eigenvalue weighted by Crippen LogP contribution is -2.59. The van der Waals surface area contributed by atoms with Crippen molar-refractivity contribution in [1.29, 1.82) is 0 Å². The molecular formula is C10H16N3O2+. The maximum Gasteiger partial charge on any atom is 0.292 e. The van der Waals surface area contributed by atoms with Crippen LogP contribution in [0.25, 0.3) is 0 Å². The molecule has 5 nitrogen and oxygen atoms in total. The summed E-state index contributed by atoms with van der Waals surface area (Å²) >= 11 is 0. The molecule has 1 aliphatic heterocycles. The van der Waals surface area contributed by atoms with Crippen LogP contribution in [-0.4, -0.2) is 30.4 Å². The lowest BCUT2D eigenvalue weighted by Gasteiger charge is -2.28. The van der Waals surface area contributed by atoms with E-state index in [4.69, 9.17) is 4.52 Å². The van der Waals surface area contributed by atoms with E-state index in [0.29, 0.717) is 0 Å². The highest BCUT2D eigenvalue weighted by Gasteiger charge is 2.34. The molecule has 1 saturated heterocycles. The number of hydrogen-bond donors (Lipinski definition) is 1. The highest BCUT2D eigenvalue weighted by Crippen LogP contribution is 2.09. The summed E-state index contributed by atoms with van der Waals surface area (Å²) in [6.45, 7) is 5.79. The Balaban J connectivity index is 2.21. The maximum atomic E-state index is 11.4. The van der Waals surface area contributed by atoms with Gasteiger partial charge in [0.05, 0.1) is 12.6 Å². The zero-order valence-electron chi connectivity index (χ0n) is 9.06. The van der Waals surface area contributed by atoms with Crippen molar-refractivity contribution in [3.63, 3.8) is 0 Å². The second-order valence-electron chi connectivity index (χ2n) is 3.77. The first-order chi connectivity index (χ1) is 7.18. The van der Waals surface area contributed by atoms with Gasteiger partial charge in [0.2, 0.25) is 12.1 Å². The fourth-order valence-corrected chi connectivity index (χ4v) is 1.85. The lowest BCUT2D eigenvalue weighted by molar-refractivity contribution is -0.894. The molecule has 1 aromatic heterocycles. The highest BCUT2D eigenvalue weighted by molar-refractivity contribution is 5.73. The van der Waals surface area contributed by atoms with Crippen molar-refractivity contribution in [2.75, 3.05) is 19.6 Å². The molecular weight excluding hydrogens is 194 g/mol. The molecule has 1 unspecified atom stereocenters. The van der Waals surface area contributed by atoms with Gasteiger partial charge in [-0.25, -0.2) is 4.52 Å². The molecule has 2 heterocycles. The van der Waals surface area contributed by atoms with Crippen LogP contribution < -0.4 is 10.1 Å². The number of hydrogen-bond acceptors (Lipinski definition) is 3. The summed E-state index contributed by atoms with van der Waals surface area (Å²) < 4.78 is 7.21. The smallest absolute Gasteiger partial charge is 0.292 e. The van der Waals surface area contributed by atoms with Gasteiger partial charge < -0.3 is 5.32 Å². The van der Waals surface area contributed by atoms with Gasteiger partial charge in [-0.15, -0.1) is 0 Å². The third-order valence-corrected chi connectivity index (χ3v) is 2.62. The van der Waals surface area contributed by atoms with E-state index in [1.807, 2.05) is 24.1 Å². The first kappa shape index (κ1) is 10.2. The minimum atomic E-state index is -0.0371. The van der Waals surface area contributed by atoms with Crippen LogP contribution in [-0.2, 0) is 4.79 Å². The van der Waals surface area contributed by atoms with Crippen LogP contribution in [0, 0.1) is 6.92 Å². The Kier molecular flexibility index (Phi) is 2.73. The molecule has 0 spiro atoms. The van der Waals surface area contributed by atoms with Crippen LogP contribution in [0.5, 0.6) is 0 Å². The summed E-state index contributed by atoms with van der Waals surface area (Å²) in [5.74, 6) is 0.937. The quantitative estimate of drug-likeness (QED) is 0.654. The summed E-state index contributed by atoms with van der Waals surface area (Å²) in [7, 11) is 0. The molecule has 82 valence electrons. The maximum absolute atomic E-state index is 11.4. The molecule has 0 saturated carbocycles. The van der Waals surface area contributed by atoms with Crippen LogP contribution in [0.3, 0.4) is 0 Å². The fraction of sp³-hybridized carbons (Fsp3) is 0.600. The average Bonchev–Trinajstić information content (AvgIpc) is 2.65. The van der Waals surface area contributed by atoms with Gasteiger partial charge in [0.15, 0.2) is 5.76 Å². The number of rotatable bonds is 1. The summed E-state index contributed by atoms with van der Waals surface area (Å²) in [4.78, 5) is 13.3. The van der Waals surface area contributed by atoms with E-state index < -0.39 is 0 Å². The first-order valence-corrected chi connectivity index (χ1v) is 5.14. The average molecular weight is 210 g/mol. The number of aromatic nitrogens is 1. The molecule has 0 radical (unpaired) electrons. The molecule has 1 atom stereocenters. The van der Waals surface area contributed by atoms with Gasteiger partial charge >= 0.3 is 0 Å². The van der Waals surface area contributed by atoms with Crippen molar-refractivity contribution in [3.8, 4) is 0 Å². The minimum absolute atomic E-state index is 0.0371. The van der Waals surface area contributed by atoms with Gasteiger partial charge in [0, 0.05) is 31.7 Å². The summed E-state index contributed by atoms with van der Waals surface area (Å²) in [6, 6.07) is 1.90. The predicted octanol–water partition coefficient (Wildman–Crippen LogP) is -0.174. The molecule has 5 heteroatoms. The van der Waals surface area contributed by atoms with Gasteiger partial charge in [-0.05, 0) is 0 Å². The molecule has 0 bridgehead atoms. The Morgan fingerprint density at radius 1 is 1.73 bits per heavy atom. The second-order valence-corrected chi connectivity index (χ2v) is 3.77. The normalized spacial score (nSPS) is 21.7. The zero-order valence-corrected chi connectivity index (χ0v) is 9.06. The number of carbonyl (C=O) groups is 1. The van der Waals surface area contributed by atoms with Crippen molar-refractivity contribution < 1.29 is 14.1 Å². The van der Waals surface area contributed by atoms with E-state index in [2.05, 4.69) is 5.32 Å². The van der Waals surface area contributed by atoms with Crippen molar-refractivity contribution in [2.24, 2.45) is 0 Å². The van der Waals surface area contributed by atoms with Gasteiger partial charge in [-0.3, -0.25) is 9.69 Å². The van der Waals surface area contributed by atoms with Crippen molar-refractivity contribution in [2.45, 2.75) is 20.0 Å². The van der Waals surface area contributed by atoms with Crippen molar-refractivity contribution in [1.82, 2.24) is 10.2 Å². The first-order valence-electron chi connectivity index (χ1n) is 5.14. The van der Waals surface area contributed by atoms with E-state index in [-0.39, 0.29) is 12.1 Å². The standard InChI is InChI=1S/C10H16N3O2/c1-8-3-5-13(15-8)10-7-11-4-6-12(10)9(2)14/h3,5,10-11H,4,6-7H2,1-2H3/q+1. The largest absolute Gasteiger partial charge is 0.307 e. The van der Waals surface area contributed by atoms with Crippen LogP contribution in [0.4, 0.5) is 0 Å². The molecule has 1 fully saturated rings. The second kappa shape index (κ2) is 4.02. The highest BCUT2D eigenvalue weighted by atomic mass is 16.5. The summed E-state index contributed by atoms with van der Waals surface area (Å²) in [6.07, 6.45) is 1.83. The number of piperazine rings is 1. The fourth-order valence-electron chi connectivity index (χ4n) is 1.85. The Morgan fingerprint density at radius 2 is 2.53 bits per heavy atom. The number of amides is 1. The van der Waals surface area contributed by atoms with E-state index in [0.717, 1.165) is 25.4 Å². The van der Waals surface area contributed by atoms with Gasteiger partial charge in [-0.1, -0.05) is 0 Å². The van der Waals surface area contributed by atoms with Gasteiger partial charge in [-0.2, -0.15) is 0 Å². The molecule has 2 rings (SSSR count). The van der Waals surface area contributed by atoms with Crippen LogP contribution in [0.15, 0.2) is 16.8 Å². The van der Waals surface area contributed by atoms with Crippen LogP contribution in [0.1, 0.15) is 18.8 Å². The van der Waals surface area contributed by atoms with E-state index in [1.165, 1.54) is 0 Å². The molecule has 15 heavy (non-hydrogen) atoms. The van der Waals surface area contributed by atoms with Crippen LogP contribution in [0.2, 0.25) is 0 Å². The van der Waals surface area contributed by atoms with Crippen molar-refractivity contribution >= 4 is 5.91 Å². The third-order valence-electron chi connectivity index (χ3n) is 2.62. The number of aryl methyl sites for hydroxylation is 1. The Labute approximate surface area is 88.6 Å². The van der Waals surface area contributed by atoms with Gasteiger partial charge in [0.1, 0.15) is 0 Å². The van der Waals surface area contributed by atoms with E-state index in [9.17, 15) is 4.79 Å². The molecule has 0 aliphatic carbocycles. The summed E-state index contributed by atoms with van der Waals surface area (Å²) in [5, 5.41) is 3.25. The topological polar surface area (TPSA) is 49.4 Å². The molecule has 1 N–H and O–H groups in total. The monoisotopic (exact) mass is 210 g/mol. The van der Waals surface area contributed by atoms with Gasteiger partial charge in [0.25, 0.3) is 6.17 Å². The van der Waals surface area contributed by atoms with Crippen molar-refractivity contribution in [3.05, 3.63) is 18.0 Å². The molecule has 0 aromatic carbocycles. The number of carbonyl (C=O) groups excluding carboxylic acids is 1. The minimum Gasteiger partial charge on any atom is -0.307 e. The number of nitrogens with zero attached hydrogens (tertiary/aromatic N) is 2. The lowest BCUT2D eigenvalue weighted by atomic mass is 10.3.